The molecule has 0 unspecified atom stereocenters. The molecule has 2 aliphatic rings. The van der Waals surface area contributed by atoms with Crippen molar-refractivity contribution in [2.45, 2.75) is 57.9 Å². The van der Waals surface area contributed by atoms with Gasteiger partial charge in [0.1, 0.15) is 22.3 Å². The molecule has 0 radical (unpaired) electrons. The fourth-order valence-corrected chi connectivity index (χ4v) is 4.98. The van der Waals surface area contributed by atoms with Crippen molar-refractivity contribution >= 4 is 28.5 Å². The number of benzene rings is 1. The molecule has 10 heteroatoms. The van der Waals surface area contributed by atoms with Crippen LogP contribution in [0.1, 0.15) is 34.1 Å². The number of hydrogen-bond donors (Lipinski definition) is 1. The van der Waals surface area contributed by atoms with Gasteiger partial charge in [-0.1, -0.05) is 34.8 Å². The van der Waals surface area contributed by atoms with Gasteiger partial charge in [-0.15, -0.1) is 5.10 Å². The first-order valence-corrected chi connectivity index (χ1v) is 12.1. The number of anilines is 1. The lowest BCUT2D eigenvalue weighted by Crippen LogP contribution is -2.62. The van der Waals surface area contributed by atoms with Crippen LogP contribution in [0.3, 0.4) is 0 Å². The van der Waals surface area contributed by atoms with E-state index in [9.17, 15) is 9.59 Å². The van der Waals surface area contributed by atoms with Gasteiger partial charge in [0.2, 0.25) is 5.91 Å². The molecule has 3 heterocycles. The third-order valence-corrected chi connectivity index (χ3v) is 6.43. The number of piperazine rings is 1. The number of hydrogen-bond acceptors (Lipinski definition) is 8. The normalized spacial score (nSPS) is 23.3. The molecule has 0 spiro atoms. The largest absolute Gasteiger partial charge is 0.444 e. The van der Waals surface area contributed by atoms with Gasteiger partial charge in [-0.2, -0.15) is 0 Å². The topological polar surface area (TPSA) is 96.9 Å². The molecule has 3 atom stereocenters. The van der Waals surface area contributed by atoms with E-state index in [1.807, 2.05) is 58.0 Å². The number of fused-ring (bicyclic) bond motifs is 1. The maximum Gasteiger partial charge on any atom is 0.411 e. The number of rotatable bonds is 5. The zero-order valence-electron chi connectivity index (χ0n) is 19.5. The van der Waals surface area contributed by atoms with Crippen molar-refractivity contribution in [3.8, 4) is 11.3 Å². The van der Waals surface area contributed by atoms with Crippen molar-refractivity contribution in [3.63, 3.8) is 0 Å². The third kappa shape index (κ3) is 5.51. The van der Waals surface area contributed by atoms with E-state index in [4.69, 9.17) is 9.47 Å². The maximum absolute atomic E-state index is 13.5. The minimum absolute atomic E-state index is 0.109. The molecular weight excluding hydrogens is 442 g/mol. The summed E-state index contributed by atoms with van der Waals surface area (Å²) in [6.07, 6.45) is 0.462. The number of nitrogens with zero attached hydrogens (tertiary/aromatic N) is 4. The first-order chi connectivity index (χ1) is 15.7. The number of ether oxygens (including phenoxy) is 2. The van der Waals surface area contributed by atoms with Crippen LogP contribution < -0.4 is 5.32 Å². The lowest BCUT2D eigenvalue weighted by Gasteiger charge is -2.42. The van der Waals surface area contributed by atoms with Gasteiger partial charge in [0.15, 0.2) is 0 Å². The molecule has 9 nitrogen and oxygen atoms in total. The molecule has 1 aromatic carbocycles. The van der Waals surface area contributed by atoms with Gasteiger partial charge in [-0.05, 0) is 34.1 Å². The van der Waals surface area contributed by atoms with E-state index < -0.39 is 17.7 Å². The van der Waals surface area contributed by atoms with Crippen molar-refractivity contribution in [1.82, 2.24) is 19.4 Å². The lowest BCUT2D eigenvalue weighted by atomic mass is 10.1. The van der Waals surface area contributed by atoms with Gasteiger partial charge < -0.3 is 14.8 Å². The highest BCUT2D eigenvalue weighted by Crippen LogP contribution is 2.31. The average Bonchev–Trinajstić information content (AvgIpc) is 3.38. The summed E-state index contributed by atoms with van der Waals surface area (Å²) in [4.78, 5) is 30.3. The van der Waals surface area contributed by atoms with Crippen LogP contribution in [0.25, 0.3) is 11.3 Å². The lowest BCUT2D eigenvalue weighted by molar-refractivity contribution is -0.124. The van der Waals surface area contributed by atoms with E-state index in [0.717, 1.165) is 30.1 Å². The summed E-state index contributed by atoms with van der Waals surface area (Å²) >= 11 is 1.12. The van der Waals surface area contributed by atoms with Crippen LogP contribution in [0.15, 0.2) is 30.3 Å². The van der Waals surface area contributed by atoms with Gasteiger partial charge >= 0.3 is 6.09 Å². The molecule has 1 aromatic heterocycles. The minimum Gasteiger partial charge on any atom is -0.444 e. The van der Waals surface area contributed by atoms with E-state index in [0.29, 0.717) is 30.4 Å². The summed E-state index contributed by atoms with van der Waals surface area (Å²) in [6, 6.07) is 9.03. The highest BCUT2D eigenvalue weighted by atomic mass is 32.1. The van der Waals surface area contributed by atoms with Crippen molar-refractivity contribution < 1.29 is 19.1 Å². The maximum atomic E-state index is 13.5. The predicted octanol–water partition coefficient (Wildman–Crippen LogP) is 3.24. The third-order valence-electron chi connectivity index (χ3n) is 5.79. The summed E-state index contributed by atoms with van der Waals surface area (Å²) in [5.74, 6) is -0.276. The van der Waals surface area contributed by atoms with Crippen LogP contribution in [0.5, 0.6) is 0 Å². The second kappa shape index (κ2) is 9.74. The number of amides is 2. The van der Waals surface area contributed by atoms with Crippen molar-refractivity contribution in [2.24, 2.45) is 0 Å². The summed E-state index contributed by atoms with van der Waals surface area (Å²) in [6.45, 7) is 9.70. The second-order valence-corrected chi connectivity index (χ2v) is 10.1. The van der Waals surface area contributed by atoms with Gasteiger partial charge in [0.25, 0.3) is 0 Å². The fraction of sp³-hybridized carbons (Fsp3) is 0.565. The fourth-order valence-electron chi connectivity index (χ4n) is 4.38. The van der Waals surface area contributed by atoms with Gasteiger partial charge in [-0.25, -0.2) is 4.79 Å². The highest BCUT2D eigenvalue weighted by molar-refractivity contribution is 7.10. The molecule has 2 amide bonds. The number of nitrogens with one attached hydrogen (secondary N) is 1. The van der Waals surface area contributed by atoms with Crippen LogP contribution in [0.2, 0.25) is 0 Å². The summed E-state index contributed by atoms with van der Waals surface area (Å²) in [7, 11) is 0. The first-order valence-electron chi connectivity index (χ1n) is 11.3. The van der Waals surface area contributed by atoms with E-state index in [2.05, 4.69) is 19.8 Å². The molecule has 2 aliphatic heterocycles. The minimum atomic E-state index is -0.692. The predicted molar refractivity (Wildman–Crippen MR) is 126 cm³/mol. The Labute approximate surface area is 198 Å². The number of carbonyl (C=O) groups excluding carboxylic acids is 2. The van der Waals surface area contributed by atoms with Gasteiger partial charge in [-0.3, -0.25) is 14.6 Å². The average molecular weight is 474 g/mol. The molecule has 178 valence electrons. The SMILES string of the molecule is CCO[C@@H]1C[C@@H]2CN(C(=O)OC(C)(C)C)[C@H](C(=O)Nc3snnc3-c3ccccc3)CN2C1. The second-order valence-electron chi connectivity index (χ2n) is 9.38. The van der Waals surface area contributed by atoms with Crippen LogP contribution in [-0.4, -0.2) is 81.4 Å². The summed E-state index contributed by atoms with van der Waals surface area (Å²) in [5, 5.41) is 7.72. The summed E-state index contributed by atoms with van der Waals surface area (Å²) < 4.78 is 15.5. The quantitative estimate of drug-likeness (QED) is 0.712. The molecule has 2 saturated heterocycles. The van der Waals surface area contributed by atoms with Gasteiger partial charge in [0.05, 0.1) is 6.10 Å². The van der Waals surface area contributed by atoms with E-state index in [1.165, 1.54) is 0 Å². The van der Waals surface area contributed by atoms with Crippen LogP contribution in [0, 0.1) is 0 Å². The van der Waals surface area contributed by atoms with Crippen LogP contribution in [0.4, 0.5) is 9.80 Å². The molecule has 1 N–H and O–H groups in total. The Bertz CT molecular complexity index is 977. The zero-order chi connectivity index (χ0) is 23.6. The van der Waals surface area contributed by atoms with Crippen LogP contribution in [-0.2, 0) is 14.3 Å². The van der Waals surface area contributed by atoms with E-state index in [1.54, 1.807) is 4.90 Å². The smallest absolute Gasteiger partial charge is 0.411 e. The molecule has 33 heavy (non-hydrogen) atoms. The Hall–Kier alpha value is -2.56. The highest BCUT2D eigenvalue weighted by Gasteiger charge is 2.45. The molecule has 0 saturated carbocycles. The molecule has 0 aliphatic carbocycles. The Kier molecular flexibility index (Phi) is 6.96. The van der Waals surface area contributed by atoms with Gasteiger partial charge in [0, 0.05) is 49.4 Å². The number of aromatic nitrogens is 2. The van der Waals surface area contributed by atoms with E-state index in [-0.39, 0.29) is 18.1 Å². The number of carbonyl (C=O) groups is 2. The van der Waals surface area contributed by atoms with Crippen molar-refractivity contribution in [1.29, 1.82) is 0 Å². The molecular formula is C23H31N5O4S. The molecule has 2 aromatic rings. The van der Waals surface area contributed by atoms with Crippen molar-refractivity contribution in [2.75, 3.05) is 31.6 Å². The Morgan fingerprint density at radius 3 is 2.64 bits per heavy atom. The summed E-state index contributed by atoms with van der Waals surface area (Å²) in [5.41, 5.74) is 0.832. The van der Waals surface area contributed by atoms with Crippen molar-refractivity contribution in [3.05, 3.63) is 30.3 Å². The monoisotopic (exact) mass is 473 g/mol. The molecule has 2 fully saturated rings. The van der Waals surface area contributed by atoms with E-state index >= 15 is 0 Å². The standard InChI is InChI=1S/C23H31N5O4S/c1-5-31-17-11-16-12-28(22(30)32-23(2,3)4)18(14-27(16)13-17)20(29)24-21-19(25-26-33-21)15-9-7-6-8-10-15/h6-10,16-18H,5,11-14H2,1-4H3,(H,24,29)/t16-,17-,18+/m1/s1. The zero-order valence-corrected chi connectivity index (χ0v) is 20.3. The van der Waals surface area contributed by atoms with Crippen LogP contribution >= 0.6 is 11.5 Å². The Morgan fingerprint density at radius 1 is 1.18 bits per heavy atom. The first kappa shape index (κ1) is 23.6. The molecule has 4 rings (SSSR count). The Morgan fingerprint density at radius 2 is 1.94 bits per heavy atom. The Balaban J connectivity index is 1.55. The molecule has 0 bridgehead atoms.